The minimum Gasteiger partial charge on any atom is -0.506 e. The number of aliphatic carboxylic acids is 1. The van der Waals surface area contributed by atoms with Crippen LogP contribution >= 0.6 is 0 Å². The molecule has 1 aliphatic carbocycles. The van der Waals surface area contributed by atoms with Crippen molar-refractivity contribution in [1.29, 1.82) is 0 Å². The molecule has 0 spiro atoms. The van der Waals surface area contributed by atoms with Crippen molar-refractivity contribution in [3.8, 4) is 0 Å². The van der Waals surface area contributed by atoms with E-state index in [1.54, 1.807) is 0 Å². The van der Waals surface area contributed by atoms with Gasteiger partial charge in [0.25, 0.3) is 11.6 Å². The third-order valence-corrected chi connectivity index (χ3v) is 2.13. The molecule has 0 saturated carbocycles. The van der Waals surface area contributed by atoms with Gasteiger partial charge in [0, 0.05) is 0 Å². The Balaban J connectivity index is 3.44. The summed E-state index contributed by atoms with van der Waals surface area (Å²) in [6.45, 7) is 0. The van der Waals surface area contributed by atoms with Crippen LogP contribution in [-0.2, 0) is 9.59 Å². The van der Waals surface area contributed by atoms with Gasteiger partial charge in [-0.15, -0.1) is 0 Å². The van der Waals surface area contributed by atoms with E-state index in [2.05, 4.69) is 5.73 Å². The summed E-state index contributed by atoms with van der Waals surface area (Å²) in [6, 6.07) is 0. The van der Waals surface area contributed by atoms with Gasteiger partial charge in [0.05, 0.1) is 0 Å². The molecule has 0 bridgehead atoms. The van der Waals surface area contributed by atoms with Crippen molar-refractivity contribution >= 4 is 11.9 Å². The highest BCUT2D eigenvalue weighted by Gasteiger charge is 2.56. The summed E-state index contributed by atoms with van der Waals surface area (Å²) in [4.78, 5) is 21.3. The maximum absolute atomic E-state index is 13.8. The molecule has 2 atom stereocenters. The molecule has 88 valence electrons. The Morgan fingerprint density at radius 2 is 1.94 bits per heavy atom. The van der Waals surface area contributed by atoms with Crippen molar-refractivity contribution in [2.45, 2.75) is 5.67 Å². The molecule has 0 saturated heterocycles. The number of aliphatic hydroxyl groups is 1. The second kappa shape index (κ2) is 3.54. The maximum Gasteiger partial charge on any atom is 0.314 e. The Morgan fingerprint density at radius 3 is 2.31 bits per heavy atom. The first kappa shape index (κ1) is 12.1. The number of nitrogens with two attached hydrogens (primary N) is 1. The lowest BCUT2D eigenvalue weighted by Gasteiger charge is -2.28. The smallest absolute Gasteiger partial charge is 0.314 e. The third kappa shape index (κ3) is 1.42. The van der Waals surface area contributed by atoms with Gasteiger partial charge in [-0.25, -0.2) is 8.78 Å². The fraction of sp³-hybridized carbons (Fsp3) is 0.250. The zero-order valence-corrected chi connectivity index (χ0v) is 7.58. The molecule has 0 fully saturated rings. The van der Waals surface area contributed by atoms with E-state index in [0.29, 0.717) is 0 Å². The first-order chi connectivity index (χ1) is 7.22. The van der Waals surface area contributed by atoms with Gasteiger partial charge in [-0.2, -0.15) is 4.39 Å². The molecule has 16 heavy (non-hydrogen) atoms. The Morgan fingerprint density at radius 1 is 1.44 bits per heavy atom. The zero-order valence-electron chi connectivity index (χ0n) is 7.58. The summed E-state index contributed by atoms with van der Waals surface area (Å²) in [5.41, 5.74) is 0.849. The van der Waals surface area contributed by atoms with Crippen LogP contribution in [0.4, 0.5) is 13.2 Å². The van der Waals surface area contributed by atoms with Crippen LogP contribution in [0, 0.1) is 5.92 Å². The van der Waals surface area contributed by atoms with Crippen LogP contribution in [0.15, 0.2) is 23.5 Å². The average molecular weight is 237 g/mol. The van der Waals surface area contributed by atoms with E-state index in [-0.39, 0.29) is 6.08 Å². The maximum atomic E-state index is 13.8. The molecule has 0 aliphatic heterocycles. The van der Waals surface area contributed by atoms with Gasteiger partial charge in [-0.1, -0.05) is 0 Å². The van der Waals surface area contributed by atoms with Crippen molar-refractivity contribution in [2.75, 3.05) is 0 Å². The van der Waals surface area contributed by atoms with Crippen molar-refractivity contribution in [1.82, 2.24) is 0 Å². The van der Waals surface area contributed by atoms with Crippen molar-refractivity contribution in [3.05, 3.63) is 23.5 Å². The van der Waals surface area contributed by atoms with E-state index >= 15 is 0 Å². The topological polar surface area (TPSA) is 101 Å². The molecule has 4 N–H and O–H groups in total. The molecule has 0 aromatic heterocycles. The van der Waals surface area contributed by atoms with Crippen LogP contribution in [-0.4, -0.2) is 27.8 Å². The fourth-order valence-corrected chi connectivity index (χ4v) is 1.27. The van der Waals surface area contributed by atoms with Crippen LogP contribution in [0.5, 0.6) is 0 Å². The van der Waals surface area contributed by atoms with Crippen molar-refractivity contribution in [2.24, 2.45) is 11.7 Å². The molecule has 5 nitrogen and oxygen atoms in total. The minimum atomic E-state index is -3.69. The molecule has 0 aromatic rings. The molecule has 8 heteroatoms. The zero-order chi connectivity index (χ0) is 12.7. The SMILES string of the molecule is NC(=O)C1(F)C(O)=C(F)C(F)=CC1C(=O)O. The summed E-state index contributed by atoms with van der Waals surface area (Å²) in [6.07, 6.45) is 0.0299. The molecule has 0 aromatic carbocycles. The molecule has 0 radical (unpaired) electrons. The number of hydrogen-bond acceptors (Lipinski definition) is 3. The lowest BCUT2D eigenvalue weighted by atomic mass is 9.82. The van der Waals surface area contributed by atoms with Gasteiger partial charge in [0.1, 0.15) is 5.92 Å². The number of hydrogen-bond donors (Lipinski definition) is 3. The third-order valence-electron chi connectivity index (χ3n) is 2.13. The van der Waals surface area contributed by atoms with Crippen LogP contribution in [0.1, 0.15) is 0 Å². The second-order valence-corrected chi connectivity index (χ2v) is 3.07. The Kier molecular flexibility index (Phi) is 2.68. The van der Waals surface area contributed by atoms with E-state index in [0.717, 1.165) is 0 Å². The van der Waals surface area contributed by atoms with Gasteiger partial charge in [0.2, 0.25) is 0 Å². The molecule has 1 rings (SSSR count). The Labute approximate surface area is 86.7 Å². The van der Waals surface area contributed by atoms with Gasteiger partial charge < -0.3 is 15.9 Å². The summed E-state index contributed by atoms with van der Waals surface area (Å²) in [7, 11) is 0. The van der Waals surface area contributed by atoms with E-state index in [4.69, 9.17) is 10.2 Å². The Bertz CT molecular complexity index is 431. The van der Waals surface area contributed by atoms with E-state index in [9.17, 15) is 22.8 Å². The van der Waals surface area contributed by atoms with Crippen LogP contribution in [0.2, 0.25) is 0 Å². The second-order valence-electron chi connectivity index (χ2n) is 3.07. The highest BCUT2D eigenvalue weighted by Crippen LogP contribution is 2.40. The van der Waals surface area contributed by atoms with Gasteiger partial charge >= 0.3 is 5.97 Å². The first-order valence-corrected chi connectivity index (χ1v) is 3.91. The standard InChI is InChI=1S/C8H6F3NO4/c9-3-1-2(6(14)15)8(11,7(12)16)5(13)4(3)10/h1-2,13H,(H2,12,16)(H,14,15). The highest BCUT2D eigenvalue weighted by molar-refractivity contribution is 5.94. The highest BCUT2D eigenvalue weighted by atomic mass is 19.2. The molecular formula is C8H6F3NO4. The number of primary amides is 1. The number of carboxylic acids is 1. The number of allylic oxidation sites excluding steroid dienone is 2. The average Bonchev–Trinajstić information content (AvgIpc) is 2.19. The molecular weight excluding hydrogens is 231 g/mol. The molecule has 2 unspecified atom stereocenters. The lowest BCUT2D eigenvalue weighted by molar-refractivity contribution is -0.150. The normalized spacial score (nSPS) is 29.9. The van der Waals surface area contributed by atoms with Gasteiger partial charge in [-0.05, 0) is 6.08 Å². The van der Waals surface area contributed by atoms with Crippen molar-refractivity contribution < 1.29 is 33.0 Å². The lowest BCUT2D eigenvalue weighted by Crippen LogP contribution is -2.51. The molecule has 0 heterocycles. The number of alkyl halides is 1. The monoisotopic (exact) mass is 237 g/mol. The van der Waals surface area contributed by atoms with Crippen molar-refractivity contribution in [3.63, 3.8) is 0 Å². The Hall–Kier alpha value is -1.99. The van der Waals surface area contributed by atoms with Crippen LogP contribution in [0.3, 0.4) is 0 Å². The van der Waals surface area contributed by atoms with Gasteiger partial charge in [0.15, 0.2) is 17.4 Å². The predicted octanol–water partition coefficient (Wildman–Crippen LogP) is 0.487. The summed E-state index contributed by atoms with van der Waals surface area (Å²) in [5, 5.41) is 17.5. The molecule has 1 amide bonds. The quantitative estimate of drug-likeness (QED) is 0.650. The number of halogens is 3. The minimum absolute atomic E-state index is 0.0299. The fourth-order valence-electron chi connectivity index (χ4n) is 1.27. The number of amides is 1. The number of carboxylic acid groups (broad SMARTS) is 1. The summed E-state index contributed by atoms with van der Waals surface area (Å²) >= 11 is 0. The number of carbonyl (C=O) groups is 2. The number of aliphatic hydroxyl groups excluding tert-OH is 1. The van der Waals surface area contributed by atoms with E-state index in [1.807, 2.05) is 0 Å². The number of carbonyl (C=O) groups excluding carboxylic acids is 1. The predicted molar refractivity (Wildman–Crippen MR) is 44.1 cm³/mol. The van der Waals surface area contributed by atoms with E-state index in [1.165, 1.54) is 0 Å². The molecule has 1 aliphatic rings. The summed E-state index contributed by atoms with van der Waals surface area (Å²) in [5.74, 6) is -12.1. The first-order valence-electron chi connectivity index (χ1n) is 3.91. The summed E-state index contributed by atoms with van der Waals surface area (Å²) < 4.78 is 39.4. The van der Waals surface area contributed by atoms with Crippen LogP contribution in [0.25, 0.3) is 0 Å². The van der Waals surface area contributed by atoms with Crippen LogP contribution < -0.4 is 5.73 Å². The van der Waals surface area contributed by atoms with E-state index < -0.39 is 40.9 Å². The van der Waals surface area contributed by atoms with Gasteiger partial charge in [-0.3, -0.25) is 9.59 Å². The number of rotatable bonds is 2. The largest absolute Gasteiger partial charge is 0.506 e.